The minimum atomic E-state index is 0.853. The lowest BCUT2D eigenvalue weighted by molar-refractivity contribution is 0.568. The van der Waals surface area contributed by atoms with Gasteiger partial charge >= 0.3 is 0 Å². The van der Waals surface area contributed by atoms with E-state index in [0.29, 0.717) is 0 Å². The van der Waals surface area contributed by atoms with Crippen molar-refractivity contribution in [2.45, 2.75) is 25.8 Å². The molecule has 0 fully saturated rings. The largest absolute Gasteiger partial charge is 0.356 e. The van der Waals surface area contributed by atoms with E-state index in [4.69, 9.17) is 0 Å². The summed E-state index contributed by atoms with van der Waals surface area (Å²) in [7, 11) is 1.80. The average Bonchev–Trinajstić information content (AvgIpc) is 3.08. The van der Waals surface area contributed by atoms with Gasteiger partial charge in [-0.3, -0.25) is 9.67 Å². The third kappa shape index (κ3) is 5.95. The van der Waals surface area contributed by atoms with Gasteiger partial charge in [0.2, 0.25) is 0 Å². The second kappa shape index (κ2) is 9.55. The molecule has 2 N–H and O–H groups in total. The van der Waals surface area contributed by atoms with Crippen LogP contribution in [0.25, 0.3) is 0 Å². The molecule has 2 aromatic rings. The van der Waals surface area contributed by atoms with Gasteiger partial charge in [-0.1, -0.05) is 30.3 Å². The van der Waals surface area contributed by atoms with Crippen LogP contribution in [0.3, 0.4) is 0 Å². The first-order chi connectivity index (χ1) is 10.9. The van der Waals surface area contributed by atoms with Crippen LogP contribution >= 0.6 is 0 Å². The van der Waals surface area contributed by atoms with Crippen molar-refractivity contribution in [1.29, 1.82) is 0 Å². The summed E-state index contributed by atoms with van der Waals surface area (Å²) in [5.41, 5.74) is 1.38. The monoisotopic (exact) mass is 300 g/mol. The first kappa shape index (κ1) is 16.0. The lowest BCUT2D eigenvalue weighted by atomic mass is 10.1. The van der Waals surface area contributed by atoms with E-state index in [1.54, 1.807) is 19.7 Å². The first-order valence-corrected chi connectivity index (χ1v) is 7.69. The average molecular weight is 300 g/mol. The van der Waals surface area contributed by atoms with Crippen LogP contribution in [-0.2, 0) is 13.0 Å². The molecule has 6 nitrogen and oxygen atoms in total. The van der Waals surface area contributed by atoms with Gasteiger partial charge in [0, 0.05) is 26.7 Å². The fourth-order valence-electron chi connectivity index (χ4n) is 2.16. The molecule has 1 aromatic carbocycles. The van der Waals surface area contributed by atoms with Gasteiger partial charge < -0.3 is 10.6 Å². The highest BCUT2D eigenvalue weighted by atomic mass is 15.3. The molecule has 0 aliphatic rings. The van der Waals surface area contributed by atoms with Gasteiger partial charge in [0.1, 0.15) is 12.7 Å². The topological polar surface area (TPSA) is 67.1 Å². The van der Waals surface area contributed by atoms with Gasteiger partial charge in [0.05, 0.1) is 0 Å². The molecule has 0 spiro atoms. The summed E-state index contributed by atoms with van der Waals surface area (Å²) in [4.78, 5) is 8.15. The minimum Gasteiger partial charge on any atom is -0.356 e. The highest BCUT2D eigenvalue weighted by molar-refractivity contribution is 5.79. The molecular weight excluding hydrogens is 276 g/mol. The van der Waals surface area contributed by atoms with E-state index in [1.807, 2.05) is 10.7 Å². The molecule has 0 bridgehead atoms. The number of aliphatic imine (C=N–C) groups is 1. The summed E-state index contributed by atoms with van der Waals surface area (Å²) >= 11 is 0. The van der Waals surface area contributed by atoms with Gasteiger partial charge in [0.15, 0.2) is 5.96 Å². The third-order valence-electron chi connectivity index (χ3n) is 3.32. The molecule has 0 saturated carbocycles. The maximum atomic E-state index is 4.23. The van der Waals surface area contributed by atoms with Crippen LogP contribution in [0.15, 0.2) is 48.0 Å². The quantitative estimate of drug-likeness (QED) is 0.440. The summed E-state index contributed by atoms with van der Waals surface area (Å²) in [6, 6.07) is 10.5. The number of nitrogens with one attached hydrogen (secondary N) is 2. The number of aryl methyl sites for hydroxylation is 2. The van der Waals surface area contributed by atoms with Crippen molar-refractivity contribution in [3.05, 3.63) is 48.5 Å². The number of benzene rings is 1. The van der Waals surface area contributed by atoms with Crippen LogP contribution in [-0.4, -0.2) is 40.9 Å². The summed E-state index contributed by atoms with van der Waals surface area (Å²) in [5.74, 6) is 0.853. The van der Waals surface area contributed by atoms with Crippen LogP contribution in [0.5, 0.6) is 0 Å². The molecule has 0 saturated heterocycles. The minimum absolute atomic E-state index is 0.853. The number of aromatic nitrogens is 3. The van der Waals surface area contributed by atoms with E-state index in [2.05, 4.69) is 50.0 Å². The summed E-state index contributed by atoms with van der Waals surface area (Å²) in [5, 5.41) is 10.7. The van der Waals surface area contributed by atoms with Crippen molar-refractivity contribution in [2.24, 2.45) is 4.99 Å². The molecule has 0 aliphatic carbocycles. The molecule has 6 heteroatoms. The summed E-state index contributed by atoms with van der Waals surface area (Å²) < 4.78 is 1.83. The standard InChI is InChI=1S/C16H24N6/c1-17-16(20-11-6-12-22-14-18-13-21-22)19-10-5-9-15-7-3-2-4-8-15/h2-4,7-8,13-14H,5-6,9-12H2,1H3,(H2,17,19,20). The predicted molar refractivity (Wildman–Crippen MR) is 88.8 cm³/mol. The molecule has 1 heterocycles. The second-order valence-electron chi connectivity index (χ2n) is 5.03. The van der Waals surface area contributed by atoms with Crippen LogP contribution in [0.2, 0.25) is 0 Å². The molecule has 22 heavy (non-hydrogen) atoms. The molecule has 0 radical (unpaired) electrons. The first-order valence-electron chi connectivity index (χ1n) is 7.69. The molecule has 2 rings (SSSR count). The SMILES string of the molecule is CN=C(NCCCc1ccccc1)NCCCn1cncn1. The Labute approximate surface area is 131 Å². The van der Waals surface area contributed by atoms with Gasteiger partial charge in [-0.05, 0) is 24.8 Å². The van der Waals surface area contributed by atoms with E-state index >= 15 is 0 Å². The molecule has 0 atom stereocenters. The lowest BCUT2D eigenvalue weighted by Gasteiger charge is -2.11. The van der Waals surface area contributed by atoms with Crippen LogP contribution in [0.1, 0.15) is 18.4 Å². The van der Waals surface area contributed by atoms with Gasteiger partial charge in [-0.2, -0.15) is 5.10 Å². The van der Waals surface area contributed by atoms with Crippen molar-refractivity contribution >= 4 is 5.96 Å². The maximum absolute atomic E-state index is 4.23. The predicted octanol–water partition coefficient (Wildman–Crippen LogP) is 1.47. The second-order valence-corrected chi connectivity index (χ2v) is 5.03. The number of hydrogen-bond acceptors (Lipinski definition) is 3. The summed E-state index contributed by atoms with van der Waals surface area (Å²) in [6.07, 6.45) is 6.44. The third-order valence-corrected chi connectivity index (χ3v) is 3.32. The Morgan fingerprint density at radius 2 is 1.91 bits per heavy atom. The van der Waals surface area contributed by atoms with Crippen molar-refractivity contribution in [1.82, 2.24) is 25.4 Å². The Morgan fingerprint density at radius 1 is 1.14 bits per heavy atom. The van der Waals surface area contributed by atoms with Gasteiger partial charge in [-0.15, -0.1) is 0 Å². The Bertz CT molecular complexity index is 535. The van der Waals surface area contributed by atoms with Crippen molar-refractivity contribution < 1.29 is 0 Å². The highest BCUT2D eigenvalue weighted by Gasteiger charge is 1.98. The van der Waals surface area contributed by atoms with E-state index in [9.17, 15) is 0 Å². The fraction of sp³-hybridized carbons (Fsp3) is 0.438. The lowest BCUT2D eigenvalue weighted by Crippen LogP contribution is -2.38. The highest BCUT2D eigenvalue weighted by Crippen LogP contribution is 2.01. The molecule has 118 valence electrons. The molecule has 1 aromatic heterocycles. The van der Waals surface area contributed by atoms with E-state index in [1.165, 1.54) is 5.56 Å². The summed E-state index contributed by atoms with van der Waals surface area (Å²) in [6.45, 7) is 2.63. The smallest absolute Gasteiger partial charge is 0.190 e. The Hall–Kier alpha value is -2.37. The van der Waals surface area contributed by atoms with Crippen LogP contribution in [0.4, 0.5) is 0 Å². The van der Waals surface area contributed by atoms with E-state index in [-0.39, 0.29) is 0 Å². The van der Waals surface area contributed by atoms with Crippen molar-refractivity contribution in [2.75, 3.05) is 20.1 Å². The Balaban J connectivity index is 1.55. The number of hydrogen-bond donors (Lipinski definition) is 2. The fourth-order valence-corrected chi connectivity index (χ4v) is 2.16. The molecule has 0 aliphatic heterocycles. The maximum Gasteiger partial charge on any atom is 0.190 e. The zero-order valence-corrected chi connectivity index (χ0v) is 13.1. The molecule has 0 unspecified atom stereocenters. The Morgan fingerprint density at radius 3 is 2.59 bits per heavy atom. The number of guanidine groups is 1. The van der Waals surface area contributed by atoms with Crippen molar-refractivity contribution in [3.8, 4) is 0 Å². The van der Waals surface area contributed by atoms with Crippen molar-refractivity contribution in [3.63, 3.8) is 0 Å². The molecular formula is C16H24N6. The van der Waals surface area contributed by atoms with E-state index < -0.39 is 0 Å². The number of nitrogens with zero attached hydrogens (tertiary/aromatic N) is 4. The van der Waals surface area contributed by atoms with Gasteiger partial charge in [-0.25, -0.2) is 4.98 Å². The van der Waals surface area contributed by atoms with Crippen LogP contribution < -0.4 is 10.6 Å². The normalized spacial score (nSPS) is 11.4. The zero-order chi connectivity index (χ0) is 15.5. The van der Waals surface area contributed by atoms with Crippen LogP contribution in [0, 0.1) is 0 Å². The Kier molecular flexibility index (Phi) is 6.95. The number of rotatable bonds is 8. The zero-order valence-electron chi connectivity index (χ0n) is 13.1. The van der Waals surface area contributed by atoms with Gasteiger partial charge in [0.25, 0.3) is 0 Å². The van der Waals surface area contributed by atoms with E-state index in [0.717, 1.165) is 44.9 Å². The molecule has 0 amide bonds.